The van der Waals surface area contributed by atoms with E-state index < -0.39 is 17.5 Å². The van der Waals surface area contributed by atoms with E-state index in [0.29, 0.717) is 13.2 Å². The van der Waals surface area contributed by atoms with E-state index in [4.69, 9.17) is 4.74 Å². The molecule has 2 N–H and O–H groups in total. The second kappa shape index (κ2) is 6.85. The van der Waals surface area contributed by atoms with Crippen LogP contribution in [0.4, 0.5) is 14.5 Å². The van der Waals surface area contributed by atoms with Crippen LogP contribution in [0.15, 0.2) is 12.1 Å². The zero-order chi connectivity index (χ0) is 15.4. The van der Waals surface area contributed by atoms with Gasteiger partial charge in [0.15, 0.2) is 0 Å². The molecule has 21 heavy (non-hydrogen) atoms. The van der Waals surface area contributed by atoms with Crippen LogP contribution < -0.4 is 10.6 Å². The zero-order valence-electron chi connectivity index (χ0n) is 12.2. The highest BCUT2D eigenvalue weighted by Gasteiger charge is 2.24. The highest BCUT2D eigenvalue weighted by atomic mass is 19.1. The Bertz CT molecular complexity index is 493. The molecule has 1 amide bonds. The number of halogens is 2. The molecule has 0 spiro atoms. The van der Waals surface area contributed by atoms with Gasteiger partial charge in [0, 0.05) is 18.7 Å². The van der Waals surface area contributed by atoms with E-state index in [1.165, 1.54) is 0 Å². The van der Waals surface area contributed by atoms with Gasteiger partial charge in [-0.3, -0.25) is 4.79 Å². The Morgan fingerprint density at radius 2 is 2.10 bits per heavy atom. The molecule has 0 aliphatic carbocycles. The number of rotatable bonds is 5. The standard InChI is InChI=1S/C15H20F2N2O2/c1-3-18-14-11(16)7-10(8-12(14)17)15(20)19-9(2)13-5-4-6-21-13/h7-9,13,18H,3-6H2,1-2H3,(H,19,20). The predicted octanol–water partition coefficient (Wildman–Crippen LogP) is 2.69. The smallest absolute Gasteiger partial charge is 0.251 e. The Kier molecular flexibility index (Phi) is 5.12. The van der Waals surface area contributed by atoms with Crippen LogP contribution in [0.2, 0.25) is 0 Å². The van der Waals surface area contributed by atoms with Gasteiger partial charge in [-0.15, -0.1) is 0 Å². The third kappa shape index (κ3) is 3.69. The monoisotopic (exact) mass is 298 g/mol. The van der Waals surface area contributed by atoms with Gasteiger partial charge < -0.3 is 15.4 Å². The van der Waals surface area contributed by atoms with E-state index in [9.17, 15) is 13.6 Å². The quantitative estimate of drug-likeness (QED) is 0.879. The molecule has 2 atom stereocenters. The fourth-order valence-corrected chi connectivity index (χ4v) is 2.43. The van der Waals surface area contributed by atoms with Crippen LogP contribution in [0.3, 0.4) is 0 Å². The number of carbonyl (C=O) groups excluding carboxylic acids is 1. The molecule has 116 valence electrons. The second-order valence-corrected chi connectivity index (χ2v) is 5.16. The van der Waals surface area contributed by atoms with Crippen LogP contribution in [0.25, 0.3) is 0 Å². The van der Waals surface area contributed by atoms with Crippen molar-refractivity contribution in [1.82, 2.24) is 5.32 Å². The summed E-state index contributed by atoms with van der Waals surface area (Å²) >= 11 is 0. The van der Waals surface area contributed by atoms with Gasteiger partial charge in [0.1, 0.15) is 17.3 Å². The van der Waals surface area contributed by atoms with Gasteiger partial charge in [-0.1, -0.05) is 0 Å². The summed E-state index contributed by atoms with van der Waals surface area (Å²) in [5.74, 6) is -2.04. The van der Waals surface area contributed by atoms with Gasteiger partial charge in [0.25, 0.3) is 5.91 Å². The normalized spacial score (nSPS) is 19.3. The molecule has 1 aliphatic rings. The maximum Gasteiger partial charge on any atom is 0.251 e. The fraction of sp³-hybridized carbons (Fsp3) is 0.533. The van der Waals surface area contributed by atoms with Crippen LogP contribution >= 0.6 is 0 Å². The van der Waals surface area contributed by atoms with E-state index in [-0.39, 0.29) is 23.4 Å². The number of ether oxygens (including phenoxy) is 1. The molecule has 4 nitrogen and oxygen atoms in total. The SMILES string of the molecule is CCNc1c(F)cc(C(=O)NC(C)C2CCCO2)cc1F. The van der Waals surface area contributed by atoms with Crippen molar-refractivity contribution in [2.45, 2.75) is 38.8 Å². The lowest BCUT2D eigenvalue weighted by molar-refractivity contribution is 0.0712. The summed E-state index contributed by atoms with van der Waals surface area (Å²) in [6.07, 6.45) is 1.80. The summed E-state index contributed by atoms with van der Waals surface area (Å²) in [4.78, 5) is 12.1. The molecule has 1 saturated heterocycles. The molecule has 2 rings (SSSR count). The molecule has 2 unspecified atom stereocenters. The first-order valence-corrected chi connectivity index (χ1v) is 7.18. The van der Waals surface area contributed by atoms with Crippen molar-refractivity contribution >= 4 is 11.6 Å². The lowest BCUT2D eigenvalue weighted by Crippen LogP contribution is -2.40. The Labute approximate surface area is 122 Å². The highest BCUT2D eigenvalue weighted by Crippen LogP contribution is 2.21. The average molecular weight is 298 g/mol. The number of anilines is 1. The number of nitrogens with one attached hydrogen (secondary N) is 2. The molecule has 6 heteroatoms. The summed E-state index contributed by atoms with van der Waals surface area (Å²) in [7, 11) is 0. The van der Waals surface area contributed by atoms with E-state index in [2.05, 4.69) is 10.6 Å². The minimum absolute atomic E-state index is 0.0310. The Hall–Kier alpha value is -1.69. The Morgan fingerprint density at radius 1 is 1.43 bits per heavy atom. The Morgan fingerprint density at radius 3 is 2.62 bits per heavy atom. The van der Waals surface area contributed by atoms with E-state index >= 15 is 0 Å². The van der Waals surface area contributed by atoms with Crippen LogP contribution in [-0.2, 0) is 4.74 Å². The fourth-order valence-electron chi connectivity index (χ4n) is 2.43. The second-order valence-electron chi connectivity index (χ2n) is 5.16. The van der Waals surface area contributed by atoms with Crippen molar-refractivity contribution in [2.24, 2.45) is 0 Å². The number of hydrogen-bond acceptors (Lipinski definition) is 3. The molecular weight excluding hydrogens is 278 g/mol. The summed E-state index contributed by atoms with van der Waals surface area (Å²) in [5, 5.41) is 5.32. The molecule has 0 saturated carbocycles. The van der Waals surface area contributed by atoms with Crippen molar-refractivity contribution in [3.8, 4) is 0 Å². The lowest BCUT2D eigenvalue weighted by Gasteiger charge is -2.20. The first kappa shape index (κ1) is 15.7. The first-order valence-electron chi connectivity index (χ1n) is 7.18. The van der Waals surface area contributed by atoms with Crippen LogP contribution in [0.1, 0.15) is 37.0 Å². The minimum Gasteiger partial charge on any atom is -0.381 e. The summed E-state index contributed by atoms with van der Waals surface area (Å²) in [6.45, 7) is 4.65. The minimum atomic E-state index is -0.772. The maximum atomic E-state index is 13.8. The molecule has 1 fully saturated rings. The van der Waals surface area contributed by atoms with Crippen molar-refractivity contribution in [2.75, 3.05) is 18.5 Å². The zero-order valence-corrected chi connectivity index (χ0v) is 12.2. The molecule has 1 aromatic carbocycles. The third-order valence-corrected chi connectivity index (χ3v) is 3.54. The molecule has 1 heterocycles. The van der Waals surface area contributed by atoms with Crippen LogP contribution in [0, 0.1) is 11.6 Å². The highest BCUT2D eigenvalue weighted by molar-refractivity contribution is 5.94. The third-order valence-electron chi connectivity index (χ3n) is 3.54. The van der Waals surface area contributed by atoms with Crippen molar-refractivity contribution < 1.29 is 18.3 Å². The summed E-state index contributed by atoms with van der Waals surface area (Å²) in [6, 6.07) is 1.89. The van der Waals surface area contributed by atoms with Crippen molar-refractivity contribution in [1.29, 1.82) is 0 Å². The van der Waals surface area contributed by atoms with Gasteiger partial charge in [-0.25, -0.2) is 8.78 Å². The lowest BCUT2D eigenvalue weighted by atomic mass is 10.1. The molecule has 0 radical (unpaired) electrons. The topological polar surface area (TPSA) is 50.4 Å². The van der Waals surface area contributed by atoms with Gasteiger partial charge in [-0.2, -0.15) is 0 Å². The van der Waals surface area contributed by atoms with E-state index in [1.807, 2.05) is 6.92 Å². The number of amides is 1. The van der Waals surface area contributed by atoms with E-state index in [1.54, 1.807) is 6.92 Å². The van der Waals surface area contributed by atoms with Crippen molar-refractivity contribution in [3.05, 3.63) is 29.3 Å². The van der Waals surface area contributed by atoms with Gasteiger partial charge in [0.05, 0.1) is 12.1 Å². The van der Waals surface area contributed by atoms with E-state index in [0.717, 1.165) is 25.0 Å². The van der Waals surface area contributed by atoms with Crippen molar-refractivity contribution in [3.63, 3.8) is 0 Å². The maximum absolute atomic E-state index is 13.8. The number of hydrogen-bond donors (Lipinski definition) is 2. The number of benzene rings is 1. The molecule has 1 aromatic rings. The predicted molar refractivity (Wildman–Crippen MR) is 76.4 cm³/mol. The Balaban J connectivity index is 2.08. The van der Waals surface area contributed by atoms with Crippen LogP contribution in [0.5, 0.6) is 0 Å². The van der Waals surface area contributed by atoms with Gasteiger partial charge >= 0.3 is 0 Å². The van der Waals surface area contributed by atoms with Crippen LogP contribution in [-0.4, -0.2) is 31.2 Å². The van der Waals surface area contributed by atoms with Gasteiger partial charge in [0.2, 0.25) is 0 Å². The molecule has 1 aliphatic heterocycles. The first-order chi connectivity index (χ1) is 10.0. The number of carbonyl (C=O) groups is 1. The average Bonchev–Trinajstić information content (AvgIpc) is 2.96. The molecular formula is C15H20F2N2O2. The largest absolute Gasteiger partial charge is 0.381 e. The molecule has 0 aromatic heterocycles. The van der Waals surface area contributed by atoms with Gasteiger partial charge in [-0.05, 0) is 38.8 Å². The summed E-state index contributed by atoms with van der Waals surface area (Å²) in [5.41, 5.74) is -0.238. The summed E-state index contributed by atoms with van der Waals surface area (Å²) < 4.78 is 33.1. The molecule has 0 bridgehead atoms.